The van der Waals surface area contributed by atoms with Crippen LogP contribution in [0.4, 0.5) is 0 Å². The molecule has 0 fully saturated rings. The van der Waals surface area contributed by atoms with Gasteiger partial charge < -0.3 is 31.1 Å². The molecule has 2 unspecified atom stereocenters. The summed E-state index contributed by atoms with van der Waals surface area (Å²) in [6.45, 7) is 1.68. The molecule has 0 radical (unpaired) electrons. The summed E-state index contributed by atoms with van der Waals surface area (Å²) in [5.74, 6) is -2.91. The Bertz CT molecular complexity index is 539. The molecule has 0 saturated heterocycles. The maximum atomic E-state index is 12.3. The SMILES string of the molecule is CNC(CCC(=O)OC)C(=O)NC(CCC(=O)O)C(=O)NCCNC(C)=O. The third-order valence-corrected chi connectivity index (χ3v) is 3.61. The molecule has 0 aliphatic carbocycles. The van der Waals surface area contributed by atoms with Gasteiger partial charge in [-0.3, -0.25) is 24.0 Å². The number of aliphatic carboxylic acids is 1. The number of amides is 3. The van der Waals surface area contributed by atoms with Crippen LogP contribution in [0.1, 0.15) is 32.6 Å². The third-order valence-electron chi connectivity index (χ3n) is 3.61. The second-order valence-corrected chi connectivity index (χ2v) is 5.72. The first-order valence-electron chi connectivity index (χ1n) is 8.49. The summed E-state index contributed by atoms with van der Waals surface area (Å²) >= 11 is 0. The molecule has 0 aromatic heterocycles. The molecule has 0 aromatic rings. The summed E-state index contributed by atoms with van der Waals surface area (Å²) in [6, 6.07) is -1.80. The van der Waals surface area contributed by atoms with E-state index in [2.05, 4.69) is 26.0 Å². The van der Waals surface area contributed by atoms with Gasteiger partial charge in [-0.05, 0) is 19.9 Å². The van der Waals surface area contributed by atoms with Crippen LogP contribution < -0.4 is 21.3 Å². The molecule has 0 aromatic carbocycles. The van der Waals surface area contributed by atoms with E-state index < -0.39 is 35.8 Å². The summed E-state index contributed by atoms with van der Waals surface area (Å²) < 4.78 is 4.52. The standard InChI is InChI=1S/C16H28N4O7/c1-10(21)18-8-9-19-15(25)12(4-6-13(22)23)20-16(26)11(17-2)5-7-14(24)27-3/h11-12,17H,4-9H2,1-3H3,(H,18,21)(H,19,25)(H,20,26)(H,22,23). The summed E-state index contributed by atoms with van der Waals surface area (Å²) in [6.07, 6.45) is -0.236. The van der Waals surface area contributed by atoms with E-state index in [-0.39, 0.29) is 44.7 Å². The number of hydrogen-bond acceptors (Lipinski definition) is 7. The number of likely N-dealkylation sites (N-methyl/N-ethyl adjacent to an activating group) is 1. The van der Waals surface area contributed by atoms with Crippen molar-refractivity contribution in [1.29, 1.82) is 0 Å². The zero-order valence-corrected chi connectivity index (χ0v) is 15.8. The van der Waals surface area contributed by atoms with Crippen LogP contribution in [0.3, 0.4) is 0 Å². The Morgan fingerprint density at radius 3 is 2.04 bits per heavy atom. The van der Waals surface area contributed by atoms with Crippen LogP contribution in [0.25, 0.3) is 0 Å². The minimum Gasteiger partial charge on any atom is -0.481 e. The van der Waals surface area contributed by atoms with E-state index in [9.17, 15) is 24.0 Å². The lowest BCUT2D eigenvalue weighted by Gasteiger charge is -2.21. The maximum absolute atomic E-state index is 12.3. The van der Waals surface area contributed by atoms with Gasteiger partial charge in [-0.2, -0.15) is 0 Å². The van der Waals surface area contributed by atoms with E-state index in [1.54, 1.807) is 0 Å². The molecule has 2 atom stereocenters. The highest BCUT2D eigenvalue weighted by molar-refractivity contribution is 5.90. The number of methoxy groups -OCH3 is 1. The number of nitrogens with one attached hydrogen (secondary N) is 4. The van der Waals surface area contributed by atoms with E-state index in [0.717, 1.165) is 0 Å². The highest BCUT2D eigenvalue weighted by Gasteiger charge is 2.25. The molecule has 27 heavy (non-hydrogen) atoms. The van der Waals surface area contributed by atoms with Gasteiger partial charge in [-0.25, -0.2) is 0 Å². The van der Waals surface area contributed by atoms with Gasteiger partial charge in [-0.15, -0.1) is 0 Å². The average molecular weight is 388 g/mol. The highest BCUT2D eigenvalue weighted by Crippen LogP contribution is 2.03. The predicted octanol–water partition coefficient (Wildman–Crippen LogP) is -1.87. The van der Waals surface area contributed by atoms with Gasteiger partial charge >= 0.3 is 11.9 Å². The third kappa shape index (κ3) is 11.5. The van der Waals surface area contributed by atoms with Crippen LogP contribution in [-0.4, -0.2) is 74.1 Å². The number of rotatable bonds is 13. The molecule has 0 saturated carbocycles. The van der Waals surface area contributed by atoms with Crippen molar-refractivity contribution < 1.29 is 33.8 Å². The summed E-state index contributed by atoms with van der Waals surface area (Å²) in [7, 11) is 2.77. The van der Waals surface area contributed by atoms with Gasteiger partial charge in [0.1, 0.15) is 6.04 Å². The molecule has 0 aliphatic rings. The van der Waals surface area contributed by atoms with Crippen LogP contribution >= 0.6 is 0 Å². The number of carbonyl (C=O) groups excluding carboxylic acids is 4. The molecule has 0 rings (SSSR count). The lowest BCUT2D eigenvalue weighted by Crippen LogP contribution is -2.53. The molecule has 0 heterocycles. The molecule has 0 spiro atoms. The lowest BCUT2D eigenvalue weighted by atomic mass is 10.1. The molecular weight excluding hydrogens is 360 g/mol. The van der Waals surface area contributed by atoms with Crippen molar-refractivity contribution in [1.82, 2.24) is 21.3 Å². The minimum absolute atomic E-state index is 0.0120. The molecule has 154 valence electrons. The predicted molar refractivity (Wildman–Crippen MR) is 94.6 cm³/mol. The number of ether oxygens (including phenoxy) is 1. The Labute approximate surface area is 157 Å². The van der Waals surface area contributed by atoms with E-state index in [1.807, 2.05) is 0 Å². The van der Waals surface area contributed by atoms with E-state index in [4.69, 9.17) is 5.11 Å². The Morgan fingerprint density at radius 1 is 0.926 bits per heavy atom. The summed E-state index contributed by atoms with van der Waals surface area (Å²) in [4.78, 5) is 57.4. The lowest BCUT2D eigenvalue weighted by molar-refractivity contribution is -0.141. The Balaban J connectivity index is 4.77. The second-order valence-electron chi connectivity index (χ2n) is 5.72. The maximum Gasteiger partial charge on any atom is 0.305 e. The topological polar surface area (TPSA) is 163 Å². The van der Waals surface area contributed by atoms with Crippen molar-refractivity contribution in [2.45, 2.75) is 44.7 Å². The van der Waals surface area contributed by atoms with E-state index >= 15 is 0 Å². The number of hydrogen-bond donors (Lipinski definition) is 5. The van der Waals surface area contributed by atoms with Crippen LogP contribution in [0.15, 0.2) is 0 Å². The minimum atomic E-state index is -1.10. The van der Waals surface area contributed by atoms with Crippen molar-refractivity contribution in [2.24, 2.45) is 0 Å². The van der Waals surface area contributed by atoms with Gasteiger partial charge in [-0.1, -0.05) is 0 Å². The Hall–Kier alpha value is -2.69. The van der Waals surface area contributed by atoms with Crippen molar-refractivity contribution in [3.8, 4) is 0 Å². The average Bonchev–Trinajstić information content (AvgIpc) is 2.61. The van der Waals surface area contributed by atoms with Crippen LogP contribution in [-0.2, 0) is 28.7 Å². The fourth-order valence-electron chi connectivity index (χ4n) is 2.13. The fraction of sp³-hybridized carbons (Fsp3) is 0.688. The van der Waals surface area contributed by atoms with Crippen molar-refractivity contribution in [3.63, 3.8) is 0 Å². The Morgan fingerprint density at radius 2 is 1.52 bits per heavy atom. The largest absolute Gasteiger partial charge is 0.481 e. The fourth-order valence-corrected chi connectivity index (χ4v) is 2.13. The first-order chi connectivity index (χ1) is 12.7. The van der Waals surface area contributed by atoms with Gasteiger partial charge in [0.05, 0.1) is 13.2 Å². The van der Waals surface area contributed by atoms with E-state index in [0.29, 0.717) is 0 Å². The smallest absolute Gasteiger partial charge is 0.305 e. The second kappa shape index (κ2) is 13.5. The zero-order valence-electron chi connectivity index (χ0n) is 15.8. The Kier molecular flexibility index (Phi) is 12.2. The van der Waals surface area contributed by atoms with Gasteiger partial charge in [0, 0.05) is 32.9 Å². The molecule has 0 bridgehead atoms. The van der Waals surface area contributed by atoms with Gasteiger partial charge in [0.15, 0.2) is 0 Å². The number of carboxylic acids is 1. The van der Waals surface area contributed by atoms with Gasteiger partial charge in [0.2, 0.25) is 17.7 Å². The van der Waals surface area contributed by atoms with E-state index in [1.165, 1.54) is 21.1 Å². The van der Waals surface area contributed by atoms with Crippen LogP contribution in [0.5, 0.6) is 0 Å². The van der Waals surface area contributed by atoms with Crippen LogP contribution in [0.2, 0.25) is 0 Å². The molecule has 0 aliphatic heterocycles. The normalized spacial score (nSPS) is 12.4. The molecule has 5 N–H and O–H groups in total. The van der Waals surface area contributed by atoms with Gasteiger partial charge in [0.25, 0.3) is 0 Å². The number of esters is 1. The molecule has 11 nitrogen and oxygen atoms in total. The van der Waals surface area contributed by atoms with Crippen LogP contribution in [0, 0.1) is 0 Å². The summed E-state index contributed by atoms with van der Waals surface area (Å²) in [5.41, 5.74) is 0. The van der Waals surface area contributed by atoms with Crippen molar-refractivity contribution in [2.75, 3.05) is 27.2 Å². The highest BCUT2D eigenvalue weighted by atomic mass is 16.5. The zero-order chi connectivity index (χ0) is 20.8. The van der Waals surface area contributed by atoms with Crippen molar-refractivity contribution in [3.05, 3.63) is 0 Å². The molecular formula is C16H28N4O7. The first kappa shape index (κ1) is 24.3. The molecule has 3 amide bonds. The first-order valence-corrected chi connectivity index (χ1v) is 8.49. The quantitative estimate of drug-likeness (QED) is 0.181. The molecule has 11 heteroatoms. The number of carbonyl (C=O) groups is 5. The summed E-state index contributed by atoms with van der Waals surface area (Å²) in [5, 5.41) is 19.1. The number of carboxylic acid groups (broad SMARTS) is 1. The van der Waals surface area contributed by atoms with Crippen molar-refractivity contribution >= 4 is 29.7 Å². The monoisotopic (exact) mass is 388 g/mol.